The van der Waals surface area contributed by atoms with Crippen molar-refractivity contribution in [3.63, 3.8) is 0 Å². The lowest BCUT2D eigenvalue weighted by atomic mass is 9.89. The molecule has 2 rings (SSSR count). The lowest BCUT2D eigenvalue weighted by Crippen LogP contribution is -2.51. The molecule has 0 aromatic heterocycles. The van der Waals surface area contributed by atoms with Crippen LogP contribution in [0.2, 0.25) is 0 Å². The number of nitrogens with one attached hydrogen (secondary N) is 1. The Hall–Kier alpha value is -1.02. The van der Waals surface area contributed by atoms with E-state index in [1.54, 1.807) is 14.0 Å². The first-order valence-electron chi connectivity index (χ1n) is 8.57. The topological polar surface area (TPSA) is 40.1 Å². The number of hydrogen-bond donors (Lipinski definition) is 1. The SMILES string of the molecule is CCN(CC1CCN(C(=NC)NCC2(C)COC2)C1)CC(F)(F)F. The van der Waals surface area contributed by atoms with Crippen molar-refractivity contribution >= 4 is 5.96 Å². The largest absolute Gasteiger partial charge is 0.401 e. The molecule has 1 N–H and O–H groups in total. The third kappa shape index (κ3) is 5.51. The van der Waals surface area contributed by atoms with Gasteiger partial charge in [0.25, 0.3) is 0 Å². The highest BCUT2D eigenvalue weighted by Gasteiger charge is 2.35. The molecule has 2 heterocycles. The van der Waals surface area contributed by atoms with E-state index in [9.17, 15) is 13.2 Å². The fourth-order valence-corrected chi connectivity index (χ4v) is 3.28. The molecule has 0 aromatic carbocycles. The summed E-state index contributed by atoms with van der Waals surface area (Å²) in [6.45, 7) is 7.91. The Kier molecular flexibility index (Phi) is 6.36. The van der Waals surface area contributed by atoms with Gasteiger partial charge in [-0.2, -0.15) is 13.2 Å². The van der Waals surface area contributed by atoms with Crippen LogP contribution in [0, 0.1) is 11.3 Å². The Morgan fingerprint density at radius 3 is 2.62 bits per heavy atom. The number of hydrogen-bond acceptors (Lipinski definition) is 3. The Labute approximate surface area is 142 Å². The Bertz CT molecular complexity index is 438. The molecule has 0 amide bonds. The number of nitrogens with zero attached hydrogens (tertiary/aromatic N) is 3. The minimum absolute atomic E-state index is 0.154. The fourth-order valence-electron chi connectivity index (χ4n) is 3.28. The molecule has 2 fully saturated rings. The van der Waals surface area contributed by atoms with Gasteiger partial charge in [-0.05, 0) is 18.9 Å². The van der Waals surface area contributed by atoms with E-state index in [2.05, 4.69) is 22.1 Å². The molecule has 0 radical (unpaired) electrons. The molecular formula is C16H29F3N4O. The summed E-state index contributed by atoms with van der Waals surface area (Å²) in [6.07, 6.45) is -3.23. The van der Waals surface area contributed by atoms with Gasteiger partial charge in [-0.1, -0.05) is 13.8 Å². The minimum atomic E-state index is -4.13. The number of aliphatic imine (C=N–C) groups is 1. The van der Waals surface area contributed by atoms with Gasteiger partial charge in [0.2, 0.25) is 0 Å². The van der Waals surface area contributed by atoms with Gasteiger partial charge in [0, 0.05) is 38.6 Å². The molecule has 8 heteroatoms. The van der Waals surface area contributed by atoms with E-state index in [-0.39, 0.29) is 11.3 Å². The van der Waals surface area contributed by atoms with Crippen LogP contribution in [-0.4, -0.2) is 81.5 Å². The Morgan fingerprint density at radius 1 is 1.42 bits per heavy atom. The van der Waals surface area contributed by atoms with Gasteiger partial charge in [0.1, 0.15) is 0 Å². The van der Waals surface area contributed by atoms with Crippen LogP contribution in [-0.2, 0) is 4.74 Å². The Morgan fingerprint density at radius 2 is 2.12 bits per heavy atom. The van der Waals surface area contributed by atoms with E-state index in [1.165, 1.54) is 4.90 Å². The summed E-state index contributed by atoms with van der Waals surface area (Å²) in [5, 5.41) is 3.38. The van der Waals surface area contributed by atoms with Crippen LogP contribution >= 0.6 is 0 Å². The van der Waals surface area contributed by atoms with Crippen molar-refractivity contribution in [2.24, 2.45) is 16.3 Å². The minimum Gasteiger partial charge on any atom is -0.380 e. The molecule has 0 bridgehead atoms. The highest BCUT2D eigenvalue weighted by Crippen LogP contribution is 2.26. The van der Waals surface area contributed by atoms with Gasteiger partial charge in [0.05, 0.1) is 19.8 Å². The van der Waals surface area contributed by atoms with E-state index >= 15 is 0 Å². The van der Waals surface area contributed by atoms with Crippen molar-refractivity contribution in [1.82, 2.24) is 15.1 Å². The predicted octanol–water partition coefficient (Wildman–Crippen LogP) is 1.80. The molecule has 5 nitrogen and oxygen atoms in total. The predicted molar refractivity (Wildman–Crippen MR) is 88.1 cm³/mol. The molecule has 24 heavy (non-hydrogen) atoms. The molecule has 0 aliphatic carbocycles. The normalized spacial score (nSPS) is 24.4. The second kappa shape index (κ2) is 7.91. The average molecular weight is 350 g/mol. The number of alkyl halides is 3. The smallest absolute Gasteiger partial charge is 0.380 e. The average Bonchev–Trinajstić information content (AvgIpc) is 2.92. The van der Waals surface area contributed by atoms with Crippen molar-refractivity contribution in [2.75, 3.05) is 59.5 Å². The van der Waals surface area contributed by atoms with Gasteiger partial charge in [-0.15, -0.1) is 0 Å². The second-order valence-electron chi connectivity index (χ2n) is 7.25. The van der Waals surface area contributed by atoms with Crippen molar-refractivity contribution in [2.45, 2.75) is 26.4 Å². The van der Waals surface area contributed by atoms with Crippen LogP contribution in [0.1, 0.15) is 20.3 Å². The summed E-state index contributed by atoms with van der Waals surface area (Å²) in [6, 6.07) is 0. The first kappa shape index (κ1) is 19.3. The number of rotatable bonds is 6. The first-order valence-corrected chi connectivity index (χ1v) is 8.57. The standard InChI is InChI=1S/C16H29F3N4O/c1-4-22(10-16(17,18)19)7-13-5-6-23(8-13)14(20-3)21-9-15(2)11-24-12-15/h13H,4-12H2,1-3H3,(H,20,21). The fraction of sp³-hybridized carbons (Fsp3) is 0.938. The summed E-state index contributed by atoms with van der Waals surface area (Å²) in [5.74, 6) is 1.08. The van der Waals surface area contributed by atoms with Gasteiger partial charge in [0.15, 0.2) is 5.96 Å². The number of guanidine groups is 1. The van der Waals surface area contributed by atoms with Crippen LogP contribution in [0.4, 0.5) is 13.2 Å². The third-order valence-corrected chi connectivity index (χ3v) is 4.74. The summed E-state index contributed by atoms with van der Waals surface area (Å²) in [4.78, 5) is 7.95. The summed E-state index contributed by atoms with van der Waals surface area (Å²) in [5.41, 5.74) is 0.154. The summed E-state index contributed by atoms with van der Waals surface area (Å²) < 4.78 is 43.0. The molecule has 2 saturated heterocycles. The lowest BCUT2D eigenvalue weighted by Gasteiger charge is -2.39. The van der Waals surface area contributed by atoms with Crippen LogP contribution in [0.15, 0.2) is 4.99 Å². The van der Waals surface area contributed by atoms with Crippen LogP contribution < -0.4 is 5.32 Å². The van der Waals surface area contributed by atoms with Gasteiger partial charge < -0.3 is 15.0 Å². The number of halogens is 3. The van der Waals surface area contributed by atoms with E-state index in [4.69, 9.17) is 4.74 Å². The quantitative estimate of drug-likeness (QED) is 0.586. The van der Waals surface area contributed by atoms with Gasteiger partial charge in [-0.3, -0.25) is 9.89 Å². The van der Waals surface area contributed by atoms with Gasteiger partial charge >= 0.3 is 6.18 Å². The molecule has 0 spiro atoms. The molecule has 0 saturated carbocycles. The third-order valence-electron chi connectivity index (χ3n) is 4.74. The van der Waals surface area contributed by atoms with Crippen molar-refractivity contribution in [3.05, 3.63) is 0 Å². The van der Waals surface area contributed by atoms with E-state index in [1.807, 2.05) is 0 Å². The molecular weight excluding hydrogens is 321 g/mol. The van der Waals surface area contributed by atoms with Crippen molar-refractivity contribution in [3.8, 4) is 0 Å². The first-order chi connectivity index (χ1) is 11.2. The van der Waals surface area contributed by atoms with Crippen LogP contribution in [0.5, 0.6) is 0 Å². The maximum Gasteiger partial charge on any atom is 0.401 e. The molecule has 2 aliphatic rings. The van der Waals surface area contributed by atoms with Crippen molar-refractivity contribution in [1.29, 1.82) is 0 Å². The molecule has 0 aromatic rings. The maximum atomic E-state index is 12.6. The molecule has 140 valence electrons. The zero-order chi connectivity index (χ0) is 17.8. The number of likely N-dealkylation sites (tertiary alicyclic amines) is 1. The van der Waals surface area contributed by atoms with Crippen LogP contribution in [0.3, 0.4) is 0 Å². The maximum absolute atomic E-state index is 12.6. The van der Waals surface area contributed by atoms with E-state index in [0.29, 0.717) is 13.1 Å². The molecule has 1 atom stereocenters. The highest BCUT2D eigenvalue weighted by molar-refractivity contribution is 5.80. The van der Waals surface area contributed by atoms with E-state index in [0.717, 1.165) is 45.2 Å². The zero-order valence-corrected chi connectivity index (χ0v) is 14.8. The van der Waals surface area contributed by atoms with Crippen molar-refractivity contribution < 1.29 is 17.9 Å². The van der Waals surface area contributed by atoms with E-state index < -0.39 is 12.7 Å². The second-order valence-corrected chi connectivity index (χ2v) is 7.25. The monoisotopic (exact) mass is 350 g/mol. The lowest BCUT2D eigenvalue weighted by molar-refractivity contribution is -0.146. The van der Waals surface area contributed by atoms with Gasteiger partial charge in [-0.25, -0.2) is 0 Å². The Balaban J connectivity index is 1.80. The summed E-state index contributed by atoms with van der Waals surface area (Å²) in [7, 11) is 1.75. The zero-order valence-electron chi connectivity index (χ0n) is 14.8. The van der Waals surface area contributed by atoms with Crippen LogP contribution in [0.25, 0.3) is 0 Å². The molecule has 1 unspecified atom stereocenters. The summed E-state index contributed by atoms with van der Waals surface area (Å²) >= 11 is 0. The molecule has 2 aliphatic heterocycles. The highest BCUT2D eigenvalue weighted by atomic mass is 19.4. The number of ether oxygens (including phenoxy) is 1.